The number of rotatable bonds is 4. The maximum Gasteiger partial charge on any atom is 0.403 e. The normalized spacial score (nSPS) is 23.3. The Morgan fingerprint density at radius 2 is 1.77 bits per heavy atom. The van der Waals surface area contributed by atoms with E-state index in [0.717, 1.165) is 32.1 Å². The van der Waals surface area contributed by atoms with Crippen LogP contribution in [0.25, 0.3) is 0 Å². The van der Waals surface area contributed by atoms with Gasteiger partial charge in [-0.15, -0.1) is 0 Å². The Hall–Kier alpha value is -1.02. The lowest BCUT2D eigenvalue weighted by molar-refractivity contribution is -0.181. The van der Waals surface area contributed by atoms with Crippen molar-refractivity contribution in [3.63, 3.8) is 0 Å². The number of aliphatic imine (C=N–C) groups is 1. The van der Waals surface area contributed by atoms with Crippen LogP contribution in [0.5, 0.6) is 0 Å². The smallest absolute Gasteiger partial charge is 0.355 e. The second-order valence-electron chi connectivity index (χ2n) is 5.91. The fraction of sp³-hybridized carbons (Fsp3) is 0.929. The van der Waals surface area contributed by atoms with Gasteiger partial charge in [0.15, 0.2) is 5.96 Å². The van der Waals surface area contributed by atoms with Crippen LogP contribution in [0, 0.1) is 0 Å². The molecule has 0 aromatic rings. The van der Waals surface area contributed by atoms with Crippen LogP contribution < -0.4 is 5.32 Å². The van der Waals surface area contributed by atoms with Crippen molar-refractivity contribution < 1.29 is 13.2 Å². The van der Waals surface area contributed by atoms with Crippen molar-refractivity contribution in [3.05, 3.63) is 0 Å². The van der Waals surface area contributed by atoms with E-state index in [-0.39, 0.29) is 0 Å². The van der Waals surface area contributed by atoms with Gasteiger partial charge < -0.3 is 15.1 Å². The van der Waals surface area contributed by atoms with Gasteiger partial charge in [0, 0.05) is 46.3 Å². The monoisotopic (exact) mass is 321 g/mol. The number of halogens is 3. The molecule has 0 saturated carbocycles. The molecule has 0 aromatic carbocycles. The van der Waals surface area contributed by atoms with Gasteiger partial charge in [-0.2, -0.15) is 13.2 Å². The fourth-order valence-corrected chi connectivity index (χ4v) is 2.79. The first-order valence-electron chi connectivity index (χ1n) is 7.90. The molecule has 5 nitrogen and oxygen atoms in total. The highest BCUT2D eigenvalue weighted by molar-refractivity contribution is 5.80. The lowest BCUT2D eigenvalue weighted by Crippen LogP contribution is -2.57. The van der Waals surface area contributed by atoms with E-state index in [2.05, 4.69) is 15.2 Å². The van der Waals surface area contributed by atoms with Crippen molar-refractivity contribution in [2.24, 2.45) is 4.99 Å². The molecule has 0 aromatic heterocycles. The maximum atomic E-state index is 12.7. The molecule has 2 fully saturated rings. The molecular formula is C14H26F3N5. The molecule has 22 heavy (non-hydrogen) atoms. The Labute approximate surface area is 130 Å². The van der Waals surface area contributed by atoms with Gasteiger partial charge in [-0.25, -0.2) is 0 Å². The van der Waals surface area contributed by atoms with E-state index in [9.17, 15) is 13.2 Å². The van der Waals surface area contributed by atoms with Crippen molar-refractivity contribution in [3.8, 4) is 0 Å². The first kappa shape index (κ1) is 17.3. The summed E-state index contributed by atoms with van der Waals surface area (Å²) in [6.45, 7) is 7.34. The molecule has 0 spiro atoms. The zero-order valence-corrected chi connectivity index (χ0v) is 13.4. The van der Waals surface area contributed by atoms with E-state index in [0.29, 0.717) is 26.2 Å². The summed E-state index contributed by atoms with van der Waals surface area (Å²) in [5.41, 5.74) is 0. The van der Waals surface area contributed by atoms with Crippen molar-refractivity contribution in [2.75, 3.05) is 59.4 Å². The minimum atomic E-state index is -4.15. The quantitative estimate of drug-likeness (QED) is 0.615. The van der Waals surface area contributed by atoms with Crippen LogP contribution >= 0.6 is 0 Å². The third-order valence-corrected chi connectivity index (χ3v) is 4.51. The fourth-order valence-electron chi connectivity index (χ4n) is 2.79. The second-order valence-corrected chi connectivity index (χ2v) is 5.91. The first-order valence-corrected chi connectivity index (χ1v) is 7.90. The highest BCUT2D eigenvalue weighted by Gasteiger charge is 2.41. The average Bonchev–Trinajstić information content (AvgIpc) is 2.44. The van der Waals surface area contributed by atoms with Crippen molar-refractivity contribution >= 4 is 5.96 Å². The van der Waals surface area contributed by atoms with Gasteiger partial charge in [-0.1, -0.05) is 0 Å². The zero-order valence-electron chi connectivity index (χ0n) is 13.4. The third kappa shape index (κ3) is 4.49. The molecule has 2 saturated heterocycles. The standard InChI is InChI=1S/C14H26F3N5/c1-12(14(15,16)17)21-8-10-22(11-9-21)13(18-2)19-4-7-20-5-3-6-20/h12H,3-11H2,1-2H3,(H,18,19). The summed E-state index contributed by atoms with van der Waals surface area (Å²) in [7, 11) is 1.72. The van der Waals surface area contributed by atoms with Gasteiger partial charge in [0.25, 0.3) is 0 Å². The molecule has 2 aliphatic rings. The van der Waals surface area contributed by atoms with E-state index in [4.69, 9.17) is 0 Å². The van der Waals surface area contributed by atoms with Gasteiger partial charge in [0.1, 0.15) is 6.04 Å². The molecule has 1 unspecified atom stereocenters. The SMILES string of the molecule is CN=C(NCCN1CCC1)N1CCN(C(C)C(F)(F)F)CC1. The van der Waals surface area contributed by atoms with Gasteiger partial charge in [-0.05, 0) is 26.4 Å². The highest BCUT2D eigenvalue weighted by atomic mass is 19.4. The minimum Gasteiger partial charge on any atom is -0.355 e. The molecule has 0 aliphatic carbocycles. The molecule has 1 N–H and O–H groups in total. The van der Waals surface area contributed by atoms with Gasteiger partial charge in [-0.3, -0.25) is 9.89 Å². The Balaban J connectivity index is 1.74. The number of hydrogen-bond acceptors (Lipinski definition) is 3. The molecule has 8 heteroatoms. The number of hydrogen-bond donors (Lipinski definition) is 1. The number of guanidine groups is 1. The van der Waals surface area contributed by atoms with Crippen LogP contribution in [0.2, 0.25) is 0 Å². The van der Waals surface area contributed by atoms with E-state index in [1.54, 1.807) is 7.05 Å². The predicted molar refractivity (Wildman–Crippen MR) is 81.1 cm³/mol. The van der Waals surface area contributed by atoms with E-state index >= 15 is 0 Å². The van der Waals surface area contributed by atoms with Gasteiger partial charge in [0.05, 0.1) is 0 Å². The summed E-state index contributed by atoms with van der Waals surface area (Å²) in [6.07, 6.45) is -2.88. The van der Waals surface area contributed by atoms with Gasteiger partial charge >= 0.3 is 6.18 Å². The molecule has 2 aliphatic heterocycles. The number of alkyl halides is 3. The molecule has 1 atom stereocenters. The summed E-state index contributed by atoms with van der Waals surface area (Å²) < 4.78 is 38.2. The average molecular weight is 321 g/mol. The summed E-state index contributed by atoms with van der Waals surface area (Å²) >= 11 is 0. The lowest BCUT2D eigenvalue weighted by Gasteiger charge is -2.40. The van der Waals surface area contributed by atoms with Crippen LogP contribution in [0.1, 0.15) is 13.3 Å². The maximum absolute atomic E-state index is 12.7. The number of nitrogens with one attached hydrogen (secondary N) is 1. The van der Waals surface area contributed by atoms with Crippen molar-refractivity contribution in [1.82, 2.24) is 20.0 Å². The van der Waals surface area contributed by atoms with Crippen LogP contribution in [0.4, 0.5) is 13.2 Å². The van der Waals surface area contributed by atoms with Gasteiger partial charge in [0.2, 0.25) is 0 Å². The van der Waals surface area contributed by atoms with E-state index < -0.39 is 12.2 Å². The topological polar surface area (TPSA) is 34.1 Å². The highest BCUT2D eigenvalue weighted by Crippen LogP contribution is 2.25. The van der Waals surface area contributed by atoms with Crippen LogP contribution in [0.3, 0.4) is 0 Å². The largest absolute Gasteiger partial charge is 0.403 e. The van der Waals surface area contributed by atoms with E-state index in [1.165, 1.54) is 18.2 Å². The first-order chi connectivity index (χ1) is 10.4. The summed E-state index contributed by atoms with van der Waals surface area (Å²) in [5.74, 6) is 0.792. The number of likely N-dealkylation sites (tertiary alicyclic amines) is 1. The molecule has 2 heterocycles. The molecular weight excluding hydrogens is 295 g/mol. The zero-order chi connectivity index (χ0) is 16.2. The molecule has 0 radical (unpaired) electrons. The lowest BCUT2D eigenvalue weighted by atomic mass is 10.2. The Morgan fingerprint density at radius 3 is 2.23 bits per heavy atom. The Bertz CT molecular complexity index is 373. The molecule has 2 rings (SSSR count). The summed E-state index contributed by atoms with van der Waals surface area (Å²) in [4.78, 5) is 10.1. The van der Waals surface area contributed by atoms with Crippen molar-refractivity contribution in [2.45, 2.75) is 25.6 Å². The Kier molecular flexibility index (Phi) is 5.91. The minimum absolute atomic E-state index is 0.410. The second kappa shape index (κ2) is 7.50. The summed E-state index contributed by atoms with van der Waals surface area (Å²) in [5, 5.41) is 3.31. The third-order valence-electron chi connectivity index (χ3n) is 4.51. The van der Waals surface area contributed by atoms with Crippen LogP contribution in [-0.2, 0) is 0 Å². The van der Waals surface area contributed by atoms with Crippen LogP contribution in [0.15, 0.2) is 4.99 Å². The van der Waals surface area contributed by atoms with E-state index in [1.807, 2.05) is 4.90 Å². The molecule has 0 amide bonds. The number of piperazine rings is 1. The predicted octanol–water partition coefficient (Wildman–Crippen LogP) is 0.836. The summed E-state index contributed by atoms with van der Waals surface area (Å²) in [6, 6.07) is -1.38. The van der Waals surface area contributed by atoms with Crippen LogP contribution in [-0.4, -0.2) is 92.3 Å². The molecule has 0 bridgehead atoms. The number of nitrogens with zero attached hydrogens (tertiary/aromatic N) is 4. The van der Waals surface area contributed by atoms with Crippen molar-refractivity contribution in [1.29, 1.82) is 0 Å². The molecule has 128 valence electrons. The Morgan fingerprint density at radius 1 is 1.14 bits per heavy atom.